The third-order valence-corrected chi connectivity index (χ3v) is 5.79. The average molecular weight is 386 g/mol. The Morgan fingerprint density at radius 2 is 2.04 bits per heavy atom. The second-order valence-corrected chi connectivity index (χ2v) is 7.49. The van der Waals surface area contributed by atoms with Gasteiger partial charge in [-0.1, -0.05) is 12.1 Å². The van der Waals surface area contributed by atoms with Crippen molar-refractivity contribution in [3.63, 3.8) is 0 Å². The molecule has 1 fully saturated rings. The van der Waals surface area contributed by atoms with E-state index in [2.05, 4.69) is 4.98 Å². The lowest BCUT2D eigenvalue weighted by atomic mass is 9.86. The van der Waals surface area contributed by atoms with Gasteiger partial charge in [-0.3, -0.25) is 9.59 Å². The number of hydrogen-bond donors (Lipinski definition) is 1. The highest BCUT2D eigenvalue weighted by Crippen LogP contribution is 2.45. The van der Waals surface area contributed by atoms with E-state index in [4.69, 9.17) is 5.11 Å². The number of fused-ring (bicyclic) bond motifs is 1. The number of aromatic nitrogens is 1. The number of aliphatic carboxylic acids is 1. The van der Waals surface area contributed by atoms with Gasteiger partial charge in [-0.15, -0.1) is 11.3 Å². The number of aryl methyl sites for hydroxylation is 1. The van der Waals surface area contributed by atoms with Gasteiger partial charge in [0.2, 0.25) is 5.91 Å². The monoisotopic (exact) mass is 386 g/mol. The first-order valence-electron chi connectivity index (χ1n) is 8.15. The van der Waals surface area contributed by atoms with Crippen molar-refractivity contribution in [2.24, 2.45) is 5.41 Å². The number of nitrogens with zero attached hydrogens (tertiary/aromatic N) is 2. The predicted octanol–water partition coefficient (Wildman–Crippen LogP) is 3.48. The molecule has 1 atom stereocenters. The van der Waals surface area contributed by atoms with Crippen molar-refractivity contribution in [3.05, 3.63) is 29.3 Å². The van der Waals surface area contributed by atoms with Crippen molar-refractivity contribution in [2.45, 2.75) is 31.9 Å². The number of amides is 1. The first-order chi connectivity index (χ1) is 12.2. The van der Waals surface area contributed by atoms with E-state index in [1.165, 1.54) is 11.3 Å². The van der Waals surface area contributed by atoms with E-state index < -0.39 is 36.4 Å². The first-order valence-corrected chi connectivity index (χ1v) is 8.97. The van der Waals surface area contributed by atoms with Gasteiger partial charge >= 0.3 is 12.1 Å². The molecule has 26 heavy (non-hydrogen) atoms. The number of halogens is 3. The molecule has 1 aromatic heterocycles. The molecule has 0 saturated carbocycles. The number of carboxylic acids is 1. The smallest absolute Gasteiger partial charge is 0.406 e. The maximum absolute atomic E-state index is 13.2. The highest BCUT2D eigenvalue weighted by atomic mass is 32.1. The minimum absolute atomic E-state index is 0.0729. The van der Waals surface area contributed by atoms with Crippen molar-refractivity contribution in [2.75, 3.05) is 13.1 Å². The average Bonchev–Trinajstić information content (AvgIpc) is 3.19. The standard InChI is InChI=1S/C17H17F3N2O3S/c18-17(19,20)16(15(24)25)8-9-22(10-16)14(23)7-3-6-13-21-11-4-1-2-5-12(11)26-13/h1-2,4-5H,3,6-10H2,(H,24,25). The lowest BCUT2D eigenvalue weighted by Gasteiger charge is -2.27. The van der Waals surface area contributed by atoms with Crippen LogP contribution in [0.1, 0.15) is 24.3 Å². The molecule has 5 nitrogen and oxygen atoms in total. The van der Waals surface area contributed by atoms with Crippen LogP contribution in [0.15, 0.2) is 24.3 Å². The van der Waals surface area contributed by atoms with Crippen LogP contribution in [0.25, 0.3) is 10.2 Å². The molecule has 1 N–H and O–H groups in total. The second-order valence-electron chi connectivity index (χ2n) is 6.38. The molecule has 9 heteroatoms. The number of rotatable bonds is 5. The van der Waals surface area contributed by atoms with Crippen LogP contribution >= 0.6 is 11.3 Å². The molecule has 0 aliphatic carbocycles. The maximum atomic E-state index is 13.2. The topological polar surface area (TPSA) is 70.5 Å². The molecular formula is C17H17F3N2O3S. The molecular weight excluding hydrogens is 369 g/mol. The van der Waals surface area contributed by atoms with Gasteiger partial charge in [0, 0.05) is 19.5 Å². The molecule has 1 aromatic carbocycles. The van der Waals surface area contributed by atoms with E-state index in [0.717, 1.165) is 20.1 Å². The van der Waals surface area contributed by atoms with Gasteiger partial charge in [-0.2, -0.15) is 13.2 Å². The van der Waals surface area contributed by atoms with Gasteiger partial charge in [0.15, 0.2) is 5.41 Å². The summed E-state index contributed by atoms with van der Waals surface area (Å²) < 4.78 is 40.5. The highest BCUT2D eigenvalue weighted by molar-refractivity contribution is 7.18. The molecule has 2 heterocycles. The largest absolute Gasteiger partial charge is 0.481 e. The summed E-state index contributed by atoms with van der Waals surface area (Å²) in [6, 6.07) is 7.65. The fourth-order valence-corrected chi connectivity index (χ4v) is 4.13. The van der Waals surface area contributed by atoms with Crippen LogP contribution in [-0.4, -0.2) is 46.1 Å². The summed E-state index contributed by atoms with van der Waals surface area (Å²) in [6.45, 7) is -1.00. The maximum Gasteiger partial charge on any atom is 0.406 e. The van der Waals surface area contributed by atoms with Crippen molar-refractivity contribution in [1.29, 1.82) is 0 Å². The molecule has 1 amide bonds. The molecule has 1 saturated heterocycles. The SMILES string of the molecule is O=C(CCCc1nc2ccccc2s1)N1CCC(C(=O)O)(C(F)(F)F)C1. The zero-order valence-corrected chi connectivity index (χ0v) is 14.6. The summed E-state index contributed by atoms with van der Waals surface area (Å²) in [7, 11) is 0. The van der Waals surface area contributed by atoms with E-state index in [-0.39, 0.29) is 13.0 Å². The molecule has 1 unspecified atom stereocenters. The van der Waals surface area contributed by atoms with Gasteiger partial charge in [0.25, 0.3) is 0 Å². The Kier molecular flexibility index (Phi) is 4.92. The summed E-state index contributed by atoms with van der Waals surface area (Å²) in [5, 5.41) is 9.90. The zero-order chi connectivity index (χ0) is 18.9. The third kappa shape index (κ3) is 3.40. The van der Waals surface area contributed by atoms with Crippen LogP contribution in [-0.2, 0) is 16.0 Å². The van der Waals surface area contributed by atoms with Gasteiger partial charge in [-0.05, 0) is 31.4 Å². The third-order valence-electron chi connectivity index (χ3n) is 4.69. The number of carbonyl (C=O) groups excluding carboxylic acids is 1. The molecule has 1 aliphatic heterocycles. The normalized spacial score (nSPS) is 20.7. The lowest BCUT2D eigenvalue weighted by molar-refractivity contribution is -0.227. The number of benzene rings is 1. The molecule has 2 aromatic rings. The number of carboxylic acid groups (broad SMARTS) is 1. The Morgan fingerprint density at radius 3 is 2.65 bits per heavy atom. The Morgan fingerprint density at radius 1 is 1.31 bits per heavy atom. The van der Waals surface area contributed by atoms with Crippen molar-refractivity contribution in [1.82, 2.24) is 9.88 Å². The number of alkyl halides is 3. The van der Waals surface area contributed by atoms with E-state index in [1.807, 2.05) is 24.3 Å². The summed E-state index contributed by atoms with van der Waals surface area (Å²) >= 11 is 1.53. The molecule has 0 spiro atoms. The van der Waals surface area contributed by atoms with E-state index in [9.17, 15) is 22.8 Å². The van der Waals surface area contributed by atoms with Crippen LogP contribution in [0.4, 0.5) is 13.2 Å². The predicted molar refractivity (Wildman–Crippen MR) is 89.9 cm³/mol. The molecule has 1 aliphatic rings. The van der Waals surface area contributed by atoms with E-state index in [0.29, 0.717) is 12.8 Å². The van der Waals surface area contributed by atoms with Crippen molar-refractivity contribution < 1.29 is 27.9 Å². The Balaban J connectivity index is 1.56. The Labute approximate surface area is 151 Å². The van der Waals surface area contributed by atoms with Crippen molar-refractivity contribution >= 4 is 33.4 Å². The van der Waals surface area contributed by atoms with Crippen LogP contribution in [0.5, 0.6) is 0 Å². The van der Waals surface area contributed by atoms with Gasteiger partial charge < -0.3 is 10.0 Å². The molecule has 140 valence electrons. The number of para-hydroxylation sites is 1. The van der Waals surface area contributed by atoms with Crippen LogP contribution in [0, 0.1) is 5.41 Å². The van der Waals surface area contributed by atoms with Crippen LogP contribution < -0.4 is 0 Å². The minimum Gasteiger partial charge on any atom is -0.481 e. The summed E-state index contributed by atoms with van der Waals surface area (Å²) in [5.41, 5.74) is -1.97. The fourth-order valence-electron chi connectivity index (χ4n) is 3.13. The fraction of sp³-hybridized carbons (Fsp3) is 0.471. The van der Waals surface area contributed by atoms with Gasteiger partial charge in [0.1, 0.15) is 0 Å². The number of hydrogen-bond acceptors (Lipinski definition) is 4. The molecule has 0 bridgehead atoms. The van der Waals surface area contributed by atoms with Gasteiger partial charge in [-0.25, -0.2) is 4.98 Å². The number of carbonyl (C=O) groups is 2. The summed E-state index contributed by atoms with van der Waals surface area (Å²) in [4.78, 5) is 28.8. The second kappa shape index (κ2) is 6.86. The van der Waals surface area contributed by atoms with Crippen molar-refractivity contribution in [3.8, 4) is 0 Å². The summed E-state index contributed by atoms with van der Waals surface area (Å²) in [5.74, 6) is -2.37. The van der Waals surface area contributed by atoms with E-state index >= 15 is 0 Å². The minimum atomic E-state index is -4.88. The van der Waals surface area contributed by atoms with Crippen LogP contribution in [0.3, 0.4) is 0 Å². The molecule has 0 radical (unpaired) electrons. The zero-order valence-electron chi connectivity index (χ0n) is 13.8. The first kappa shape index (κ1) is 18.6. The molecule has 3 rings (SSSR count). The lowest BCUT2D eigenvalue weighted by Crippen LogP contribution is -2.47. The van der Waals surface area contributed by atoms with Crippen LogP contribution in [0.2, 0.25) is 0 Å². The van der Waals surface area contributed by atoms with Gasteiger partial charge in [0.05, 0.1) is 15.2 Å². The number of thiazole rings is 1. The summed E-state index contributed by atoms with van der Waals surface area (Å²) in [6.07, 6.45) is -4.39. The quantitative estimate of drug-likeness (QED) is 0.854. The Hall–Kier alpha value is -2.16. The highest BCUT2D eigenvalue weighted by Gasteiger charge is 2.64. The van der Waals surface area contributed by atoms with E-state index in [1.54, 1.807) is 0 Å². The number of likely N-dealkylation sites (tertiary alicyclic amines) is 1. The Bertz CT molecular complexity index is 803.